The van der Waals surface area contributed by atoms with Gasteiger partial charge in [-0.3, -0.25) is 0 Å². The Hall–Kier alpha value is -2.61. The van der Waals surface area contributed by atoms with Gasteiger partial charge >= 0.3 is 12.0 Å². The predicted molar refractivity (Wildman–Crippen MR) is 116 cm³/mol. The van der Waals surface area contributed by atoms with Gasteiger partial charge in [-0.1, -0.05) is 31.4 Å². The standard InChI is InChI=1S/C21H28N4O3S/c1-13-17(19(26)28-3)18(24-21(29)25(13)2)14-9-11-16(12-10-14)23-20(27)22-15-7-5-4-6-8-15/h9-12,15,18H,4-8H2,1-3H3,(H,24,29)(H2,22,23,27)/t18-/m1/s1. The molecule has 0 radical (unpaired) electrons. The molecule has 3 rings (SSSR count). The molecule has 1 heterocycles. The van der Waals surface area contributed by atoms with Gasteiger partial charge in [-0.15, -0.1) is 0 Å². The minimum Gasteiger partial charge on any atom is -0.466 e. The molecule has 1 aliphatic heterocycles. The van der Waals surface area contributed by atoms with E-state index < -0.39 is 12.0 Å². The summed E-state index contributed by atoms with van der Waals surface area (Å²) in [6.45, 7) is 1.85. The van der Waals surface area contributed by atoms with Crippen LogP contribution < -0.4 is 16.0 Å². The number of nitrogens with zero attached hydrogens (tertiary/aromatic N) is 1. The highest BCUT2D eigenvalue weighted by atomic mass is 32.1. The maximum Gasteiger partial charge on any atom is 0.337 e. The van der Waals surface area contributed by atoms with Gasteiger partial charge in [0.25, 0.3) is 0 Å². The van der Waals surface area contributed by atoms with Crippen LogP contribution in [0.4, 0.5) is 10.5 Å². The average Bonchev–Trinajstić information content (AvgIpc) is 2.72. The Balaban J connectivity index is 1.72. The van der Waals surface area contributed by atoms with Gasteiger partial charge in [0.15, 0.2) is 5.11 Å². The zero-order valence-corrected chi connectivity index (χ0v) is 17.9. The normalized spacial score (nSPS) is 20.2. The number of esters is 1. The summed E-state index contributed by atoms with van der Waals surface area (Å²) in [5.74, 6) is -0.400. The molecule has 1 fully saturated rings. The van der Waals surface area contributed by atoms with Crippen molar-refractivity contribution in [3.05, 3.63) is 41.1 Å². The Kier molecular flexibility index (Phi) is 6.74. The summed E-state index contributed by atoms with van der Waals surface area (Å²) in [7, 11) is 3.17. The molecular formula is C21H28N4O3S. The van der Waals surface area contributed by atoms with Crippen molar-refractivity contribution in [3.63, 3.8) is 0 Å². The third kappa shape index (κ3) is 4.87. The Labute approximate surface area is 176 Å². The highest BCUT2D eigenvalue weighted by Gasteiger charge is 2.33. The number of hydrogen-bond donors (Lipinski definition) is 3. The first kappa shape index (κ1) is 21.1. The number of ether oxygens (including phenoxy) is 1. The van der Waals surface area contributed by atoms with Crippen LogP contribution in [0.2, 0.25) is 0 Å². The summed E-state index contributed by atoms with van der Waals surface area (Å²) >= 11 is 5.38. The van der Waals surface area contributed by atoms with E-state index in [1.165, 1.54) is 26.4 Å². The summed E-state index contributed by atoms with van der Waals surface area (Å²) in [6, 6.07) is 7.05. The van der Waals surface area contributed by atoms with Crippen LogP contribution >= 0.6 is 12.2 Å². The maximum atomic E-state index is 12.4. The van der Waals surface area contributed by atoms with Crippen molar-refractivity contribution in [2.45, 2.75) is 51.1 Å². The highest BCUT2D eigenvalue weighted by molar-refractivity contribution is 7.80. The largest absolute Gasteiger partial charge is 0.466 e. The Morgan fingerprint density at radius 2 is 1.83 bits per heavy atom. The fraction of sp³-hybridized carbons (Fsp3) is 0.476. The van der Waals surface area contributed by atoms with Crippen LogP contribution in [0, 0.1) is 0 Å². The molecule has 1 saturated carbocycles. The number of urea groups is 1. The van der Waals surface area contributed by atoms with E-state index in [2.05, 4.69) is 16.0 Å². The van der Waals surface area contributed by atoms with Crippen molar-refractivity contribution in [1.29, 1.82) is 0 Å². The SMILES string of the molecule is COC(=O)C1=C(C)N(C)C(=S)N[C@@H]1c1ccc(NC(=O)NC2CCCCC2)cc1. The van der Waals surface area contributed by atoms with E-state index in [-0.39, 0.29) is 12.1 Å². The van der Waals surface area contributed by atoms with Gasteiger partial charge in [-0.05, 0) is 49.7 Å². The van der Waals surface area contributed by atoms with E-state index in [4.69, 9.17) is 17.0 Å². The minimum atomic E-state index is -0.406. The van der Waals surface area contributed by atoms with Gasteiger partial charge in [-0.25, -0.2) is 9.59 Å². The van der Waals surface area contributed by atoms with Crippen molar-refractivity contribution in [2.24, 2.45) is 0 Å². The molecule has 0 spiro atoms. The summed E-state index contributed by atoms with van der Waals surface area (Å²) in [4.78, 5) is 26.4. The van der Waals surface area contributed by atoms with Crippen LogP contribution in [-0.2, 0) is 9.53 Å². The first-order valence-corrected chi connectivity index (χ1v) is 10.3. The Bertz CT molecular complexity index is 816. The number of carbonyl (C=O) groups is 2. The molecular weight excluding hydrogens is 388 g/mol. The number of nitrogens with one attached hydrogen (secondary N) is 3. The lowest BCUT2D eigenvalue weighted by Gasteiger charge is -2.35. The molecule has 1 aromatic carbocycles. The first-order chi connectivity index (χ1) is 13.9. The van der Waals surface area contributed by atoms with Crippen molar-refractivity contribution in [3.8, 4) is 0 Å². The van der Waals surface area contributed by atoms with E-state index in [1.807, 2.05) is 38.2 Å². The molecule has 2 amide bonds. The van der Waals surface area contributed by atoms with Crippen LogP contribution in [0.15, 0.2) is 35.5 Å². The number of anilines is 1. The smallest absolute Gasteiger partial charge is 0.337 e. The van der Waals surface area contributed by atoms with E-state index in [1.54, 1.807) is 4.90 Å². The molecule has 0 unspecified atom stereocenters. The number of methoxy groups -OCH3 is 1. The molecule has 2 aliphatic rings. The van der Waals surface area contributed by atoms with E-state index in [9.17, 15) is 9.59 Å². The van der Waals surface area contributed by atoms with Gasteiger partial charge in [-0.2, -0.15) is 0 Å². The van der Waals surface area contributed by atoms with Crippen LogP contribution in [0.3, 0.4) is 0 Å². The number of rotatable bonds is 4. The van der Waals surface area contributed by atoms with E-state index in [0.29, 0.717) is 16.4 Å². The van der Waals surface area contributed by atoms with Crippen LogP contribution in [0.25, 0.3) is 0 Å². The first-order valence-electron chi connectivity index (χ1n) is 9.91. The Morgan fingerprint density at radius 3 is 2.45 bits per heavy atom. The molecule has 156 valence electrons. The summed E-state index contributed by atoms with van der Waals surface area (Å²) in [5, 5.41) is 9.65. The van der Waals surface area contributed by atoms with E-state index >= 15 is 0 Å². The lowest BCUT2D eigenvalue weighted by atomic mass is 9.95. The molecule has 1 aliphatic carbocycles. The minimum absolute atomic E-state index is 0.186. The molecule has 8 heteroatoms. The topological polar surface area (TPSA) is 82.7 Å². The van der Waals surface area contributed by atoms with E-state index in [0.717, 1.165) is 24.1 Å². The number of thiocarbonyl (C=S) groups is 1. The van der Waals surface area contributed by atoms with Crippen LogP contribution in [-0.4, -0.2) is 42.2 Å². The molecule has 1 aromatic rings. The summed E-state index contributed by atoms with van der Waals surface area (Å²) < 4.78 is 4.97. The van der Waals surface area contributed by atoms with Crippen LogP contribution in [0.5, 0.6) is 0 Å². The molecule has 1 atom stereocenters. The highest BCUT2D eigenvalue weighted by Crippen LogP contribution is 2.31. The second-order valence-electron chi connectivity index (χ2n) is 7.49. The van der Waals surface area contributed by atoms with Crippen molar-refractivity contribution in [1.82, 2.24) is 15.5 Å². The lowest BCUT2D eigenvalue weighted by Crippen LogP contribution is -2.46. The van der Waals surface area contributed by atoms with Gasteiger partial charge in [0, 0.05) is 24.5 Å². The van der Waals surface area contributed by atoms with Gasteiger partial charge in [0.05, 0.1) is 18.7 Å². The monoisotopic (exact) mass is 416 g/mol. The Morgan fingerprint density at radius 1 is 1.17 bits per heavy atom. The number of hydrogen-bond acceptors (Lipinski definition) is 4. The van der Waals surface area contributed by atoms with Gasteiger partial charge < -0.3 is 25.6 Å². The average molecular weight is 417 g/mol. The lowest BCUT2D eigenvalue weighted by molar-refractivity contribution is -0.136. The molecule has 29 heavy (non-hydrogen) atoms. The van der Waals surface area contributed by atoms with Gasteiger partial charge in [0.2, 0.25) is 0 Å². The van der Waals surface area contributed by atoms with Crippen molar-refractivity contribution >= 4 is 35.0 Å². The zero-order valence-electron chi connectivity index (χ0n) is 17.1. The third-order valence-corrected chi connectivity index (χ3v) is 5.99. The number of benzene rings is 1. The number of amides is 2. The third-order valence-electron chi connectivity index (χ3n) is 5.60. The number of carbonyl (C=O) groups excluding carboxylic acids is 2. The van der Waals surface area contributed by atoms with Crippen molar-refractivity contribution < 1.29 is 14.3 Å². The summed E-state index contributed by atoms with van der Waals surface area (Å²) in [5.41, 5.74) is 2.82. The maximum absolute atomic E-state index is 12.4. The quantitative estimate of drug-likeness (QED) is 0.515. The predicted octanol–water partition coefficient (Wildman–Crippen LogP) is 3.45. The molecule has 0 bridgehead atoms. The van der Waals surface area contributed by atoms with Crippen molar-refractivity contribution in [2.75, 3.05) is 19.5 Å². The fourth-order valence-electron chi connectivity index (χ4n) is 3.82. The molecule has 3 N–H and O–H groups in total. The zero-order chi connectivity index (χ0) is 21.0. The molecule has 7 nitrogen and oxygen atoms in total. The second kappa shape index (κ2) is 9.26. The molecule has 0 saturated heterocycles. The summed E-state index contributed by atoms with van der Waals surface area (Å²) in [6.07, 6.45) is 5.66. The van der Waals surface area contributed by atoms with Gasteiger partial charge in [0.1, 0.15) is 0 Å². The molecule has 0 aromatic heterocycles. The fourth-order valence-corrected chi connectivity index (χ4v) is 4.07. The van der Waals surface area contributed by atoms with Crippen LogP contribution in [0.1, 0.15) is 50.6 Å². The number of allylic oxidation sites excluding steroid dienone is 1. The second-order valence-corrected chi connectivity index (χ2v) is 7.87.